The lowest BCUT2D eigenvalue weighted by molar-refractivity contribution is 0.0236. The lowest BCUT2D eigenvalue weighted by Gasteiger charge is -2.45. The number of halogens is 2. The number of nitrogens with two attached hydrogens (primary N) is 1. The second-order valence-corrected chi connectivity index (χ2v) is 34.9. The van der Waals surface area contributed by atoms with Crippen LogP contribution in [0.3, 0.4) is 0 Å². The van der Waals surface area contributed by atoms with Gasteiger partial charge in [-0.25, -0.2) is 34.9 Å². The standard InChI is InChI=1S/C23H25N3O2.C20H23N5O2.C19H18ClN3O.C18H16ClN3O.C18H18N4O2/c1-28-19-10-8-18(9-11-19)26-21-12-7-17(23(27)25-13-3-2-4-14-25)15-20(21)24-22(26)16-5-6-16;1-13-7-9-24(10-8-13)19(26)14-11-17-18(22-12-14)25(20(21)23-17)15-3-5-16(27-2)6-4-15;1-19(2)10-22(11-19)18(24)13-6-7-17-16(8-13)21-12-23(17)15-5-3-4-14(20)9-15;19-14-4-3-5-15(11-14)22-12-20-16-10-13(6-7-17(16)22)18(23)21-8-1-2-9-21;1-12-9-21(10-12)18(23)13-7-16-17(19-8-13)22(11-20-16)14-3-5-15(24-2)6-4-14/h7-12,15-16H,2-6,13-14H2,1H3;3-6,11-13H,7-10H2,1-2H3,(H2,21,23);3-9,12H,10-11H2,1-2H3;3-7,10-12H,1-2,8-9H2;3-8,11-12H,9-10H2,1-2H3. The number of imidazole rings is 5. The Kier molecular flexibility index (Phi) is 24.7. The molecule has 0 atom stereocenters. The van der Waals surface area contributed by atoms with Crippen molar-refractivity contribution in [1.29, 1.82) is 0 Å². The largest absolute Gasteiger partial charge is 0.497 e. The van der Waals surface area contributed by atoms with Crippen molar-refractivity contribution in [2.24, 2.45) is 17.3 Å². The second-order valence-electron chi connectivity index (χ2n) is 34.0. The highest BCUT2D eigenvalue weighted by Crippen LogP contribution is 2.43. The van der Waals surface area contributed by atoms with E-state index >= 15 is 0 Å². The van der Waals surface area contributed by atoms with Crippen LogP contribution in [0.25, 0.3) is 83.9 Å². The number of carbonyl (C=O) groups is 5. The highest BCUT2D eigenvalue weighted by Gasteiger charge is 2.38. The third kappa shape index (κ3) is 18.4. The first kappa shape index (κ1) is 84.7. The fourth-order valence-electron chi connectivity index (χ4n) is 17.0. The number of amides is 5. The topological polar surface area (TPSA) is 270 Å². The molecule has 21 rings (SSSR count). The summed E-state index contributed by atoms with van der Waals surface area (Å²) in [6.45, 7) is 17.0. The van der Waals surface area contributed by atoms with Crippen molar-refractivity contribution in [2.45, 2.75) is 91.4 Å². The van der Waals surface area contributed by atoms with Crippen molar-refractivity contribution < 1.29 is 38.2 Å². The number of aromatic nitrogens is 12. The predicted molar refractivity (Wildman–Crippen MR) is 491 cm³/mol. The fourth-order valence-corrected chi connectivity index (χ4v) is 17.3. The minimum atomic E-state index is 0.00821. The van der Waals surface area contributed by atoms with Gasteiger partial charge in [-0.3, -0.25) is 46.8 Å². The van der Waals surface area contributed by atoms with Crippen LogP contribution in [-0.4, -0.2) is 199 Å². The molecule has 5 aliphatic heterocycles. The third-order valence-corrected chi connectivity index (χ3v) is 24.5. The zero-order chi connectivity index (χ0) is 87.4. The van der Waals surface area contributed by atoms with Crippen LogP contribution in [0, 0.1) is 17.3 Å². The molecule has 1 saturated carbocycles. The van der Waals surface area contributed by atoms with E-state index in [0.29, 0.717) is 72.7 Å². The minimum absolute atomic E-state index is 0.00821. The van der Waals surface area contributed by atoms with Crippen LogP contribution in [0.4, 0.5) is 5.95 Å². The average molecular weight is 1730 g/mol. The summed E-state index contributed by atoms with van der Waals surface area (Å²) in [5.41, 5.74) is 22.6. The lowest BCUT2D eigenvalue weighted by atomic mass is 9.84. The van der Waals surface area contributed by atoms with Gasteiger partial charge in [0.05, 0.1) is 71.2 Å². The van der Waals surface area contributed by atoms with Crippen LogP contribution in [-0.2, 0) is 0 Å². The van der Waals surface area contributed by atoms with Gasteiger partial charge in [-0.2, -0.15) is 0 Å². The molecule has 126 heavy (non-hydrogen) atoms. The van der Waals surface area contributed by atoms with Gasteiger partial charge in [0.1, 0.15) is 53.1 Å². The Balaban J connectivity index is 0.000000111. The first-order chi connectivity index (χ1) is 61.1. The summed E-state index contributed by atoms with van der Waals surface area (Å²) in [4.78, 5) is 104. The molecule has 28 heteroatoms. The molecule has 5 saturated heterocycles. The van der Waals surface area contributed by atoms with Gasteiger partial charge in [-0.1, -0.05) is 63.0 Å². The molecule has 15 aromatic rings. The molecule has 2 N–H and O–H groups in total. The Morgan fingerprint density at radius 1 is 0.381 bits per heavy atom. The summed E-state index contributed by atoms with van der Waals surface area (Å²) < 4.78 is 25.5. The first-order valence-electron chi connectivity index (χ1n) is 43.0. The maximum atomic E-state index is 12.9. The van der Waals surface area contributed by atoms with Gasteiger partial charge in [0.2, 0.25) is 5.95 Å². The van der Waals surface area contributed by atoms with Crippen LogP contribution in [0.5, 0.6) is 17.2 Å². The quantitative estimate of drug-likeness (QED) is 0.106. The summed E-state index contributed by atoms with van der Waals surface area (Å²) in [5, 5.41) is 1.37. The molecule has 0 bridgehead atoms. The van der Waals surface area contributed by atoms with Gasteiger partial charge in [-0.05, 0) is 251 Å². The Morgan fingerprint density at radius 2 is 0.802 bits per heavy atom. The van der Waals surface area contributed by atoms with E-state index in [1.807, 2.05) is 202 Å². The number of pyridine rings is 2. The number of nitrogen functional groups attached to an aromatic ring is 1. The number of hydrogen-bond donors (Lipinski definition) is 1. The molecule has 0 unspecified atom stereocenters. The van der Waals surface area contributed by atoms with Gasteiger partial charge in [0, 0.05) is 133 Å². The smallest absolute Gasteiger partial charge is 0.255 e. The molecule has 0 radical (unpaired) electrons. The number of nitrogens with zero attached hydrogens (tertiary/aromatic N) is 17. The van der Waals surface area contributed by atoms with Gasteiger partial charge < -0.3 is 44.4 Å². The maximum absolute atomic E-state index is 12.9. The van der Waals surface area contributed by atoms with Gasteiger partial charge in [0.15, 0.2) is 11.3 Å². The number of likely N-dealkylation sites (tertiary alicyclic amines) is 5. The molecule has 644 valence electrons. The maximum Gasteiger partial charge on any atom is 0.255 e. The Morgan fingerprint density at radius 3 is 1.29 bits per heavy atom. The van der Waals surface area contributed by atoms with E-state index in [0.717, 1.165) is 200 Å². The SMILES string of the molecule is CC1(C)CN(C(=O)c2ccc3c(c2)ncn3-c2cccc(Cl)c2)C1.COc1ccc(-n2c(C3CC3)nc3cc(C(=O)N4CCCCC4)ccc32)cc1.COc1ccc(-n2c(N)nc3cc(C(=O)N4CCC(C)CC4)cnc32)cc1.COc1ccc(-n2cnc3cc(C(=O)N4CC(C)C4)cnc32)cc1.O=C(c1ccc2c(c1)ncn2-c1cccc(Cl)c1)N1CCCC1. The molecule has 8 aromatic carbocycles. The molecule has 6 fully saturated rings. The number of hydrogen-bond acceptors (Lipinski definition) is 16. The number of fused-ring (bicyclic) bond motifs is 5. The molecular formula is C98H100Cl2N18O8. The van der Waals surface area contributed by atoms with E-state index in [4.69, 9.17) is 48.1 Å². The van der Waals surface area contributed by atoms with Crippen LogP contribution in [0.2, 0.25) is 10.0 Å². The van der Waals surface area contributed by atoms with E-state index < -0.39 is 0 Å². The van der Waals surface area contributed by atoms with Crippen LogP contribution in [0.1, 0.15) is 149 Å². The van der Waals surface area contributed by atoms with Crippen LogP contribution < -0.4 is 19.9 Å². The number of ether oxygens (including phenoxy) is 3. The summed E-state index contributed by atoms with van der Waals surface area (Å²) in [7, 11) is 4.94. The van der Waals surface area contributed by atoms with E-state index in [9.17, 15) is 24.0 Å². The Bertz CT molecular complexity index is 6520. The van der Waals surface area contributed by atoms with Gasteiger partial charge in [0.25, 0.3) is 29.5 Å². The van der Waals surface area contributed by atoms with E-state index in [-0.39, 0.29) is 35.0 Å². The number of benzene rings is 8. The molecule has 1 aliphatic carbocycles. The zero-order valence-electron chi connectivity index (χ0n) is 71.7. The number of rotatable bonds is 14. The van der Waals surface area contributed by atoms with Gasteiger partial charge in [-0.15, -0.1) is 0 Å². The molecular weight excluding hydrogens is 1630 g/mol. The molecule has 7 aromatic heterocycles. The predicted octanol–water partition coefficient (Wildman–Crippen LogP) is 18.0. The second kappa shape index (κ2) is 36.8. The normalized spacial score (nSPS) is 15.6. The number of piperidine rings is 2. The summed E-state index contributed by atoms with van der Waals surface area (Å²) in [5.74, 6) is 5.95. The number of methoxy groups -OCH3 is 3. The van der Waals surface area contributed by atoms with Crippen molar-refractivity contribution >= 4 is 114 Å². The average Bonchev–Trinajstić information content (AvgIpc) is 1.96. The van der Waals surface area contributed by atoms with Crippen molar-refractivity contribution in [3.05, 3.63) is 263 Å². The molecule has 12 heterocycles. The Hall–Kier alpha value is -13.5. The first-order valence-corrected chi connectivity index (χ1v) is 43.7. The van der Waals surface area contributed by atoms with Crippen LogP contribution >= 0.6 is 23.2 Å². The third-order valence-electron chi connectivity index (χ3n) is 24.0. The highest BCUT2D eigenvalue weighted by atomic mass is 35.5. The zero-order valence-corrected chi connectivity index (χ0v) is 73.2. The van der Waals surface area contributed by atoms with E-state index in [2.05, 4.69) is 80.4 Å². The van der Waals surface area contributed by atoms with Crippen molar-refractivity contribution in [3.8, 4) is 45.7 Å². The summed E-state index contributed by atoms with van der Waals surface area (Å²) >= 11 is 12.1. The van der Waals surface area contributed by atoms with Gasteiger partial charge >= 0.3 is 0 Å². The number of carbonyl (C=O) groups excluding carboxylic acids is 5. The minimum Gasteiger partial charge on any atom is -0.497 e. The fraction of sp³-hybridized carbons (Fsp3) is 0.306. The Labute approximate surface area is 740 Å². The van der Waals surface area contributed by atoms with Crippen LogP contribution in [0.15, 0.2) is 219 Å². The molecule has 6 aliphatic rings. The van der Waals surface area contributed by atoms with E-state index in [1.54, 1.807) is 63.3 Å². The van der Waals surface area contributed by atoms with Crippen molar-refractivity contribution in [3.63, 3.8) is 0 Å². The summed E-state index contributed by atoms with van der Waals surface area (Å²) in [6, 6.07) is 59.5. The van der Waals surface area contributed by atoms with Crippen molar-refractivity contribution in [1.82, 2.24) is 82.2 Å². The molecule has 26 nitrogen and oxygen atoms in total. The lowest BCUT2D eigenvalue weighted by Crippen LogP contribution is -2.55. The highest BCUT2D eigenvalue weighted by molar-refractivity contribution is 6.31. The van der Waals surface area contributed by atoms with Crippen molar-refractivity contribution in [2.75, 3.05) is 92.5 Å². The van der Waals surface area contributed by atoms with E-state index in [1.165, 1.54) is 19.3 Å². The monoisotopic (exact) mass is 1730 g/mol. The summed E-state index contributed by atoms with van der Waals surface area (Å²) in [6.07, 6.45) is 18.6. The molecule has 0 spiro atoms. The number of anilines is 1. The molecule has 5 amide bonds.